The first kappa shape index (κ1) is 15.6. The summed E-state index contributed by atoms with van der Waals surface area (Å²) >= 11 is 7.81. The predicted octanol–water partition coefficient (Wildman–Crippen LogP) is 3.70. The number of carbonyl (C=O) groups is 1. The van der Waals surface area contributed by atoms with Gasteiger partial charge in [-0.3, -0.25) is 9.12 Å². The summed E-state index contributed by atoms with van der Waals surface area (Å²) in [6, 6.07) is 1.86. The van der Waals surface area contributed by atoms with Crippen molar-refractivity contribution in [3.63, 3.8) is 0 Å². The van der Waals surface area contributed by atoms with Gasteiger partial charge in [0.25, 0.3) is 0 Å². The van der Waals surface area contributed by atoms with Crippen LogP contribution in [0, 0.1) is 0 Å². The molecule has 0 amide bonds. The number of rotatable bonds is 5. The second-order valence-corrected chi connectivity index (χ2v) is 6.99. The molecule has 0 aromatic carbocycles. The van der Waals surface area contributed by atoms with Crippen molar-refractivity contribution >= 4 is 35.2 Å². The second-order valence-electron chi connectivity index (χ2n) is 5.70. The van der Waals surface area contributed by atoms with E-state index in [4.69, 9.17) is 16.3 Å². The third-order valence-corrected chi connectivity index (χ3v) is 5.22. The van der Waals surface area contributed by atoms with Gasteiger partial charge >= 0.3 is 5.97 Å². The highest BCUT2D eigenvalue weighted by Gasteiger charge is 2.31. The highest BCUT2D eigenvalue weighted by atomic mass is 35.5. The van der Waals surface area contributed by atoms with Gasteiger partial charge in [-0.2, -0.15) is 0 Å². The second kappa shape index (κ2) is 6.10. The quantitative estimate of drug-likeness (QED) is 0.665. The molecule has 1 fully saturated rings. The van der Waals surface area contributed by atoms with Crippen LogP contribution in [0.1, 0.15) is 43.6 Å². The number of nitrogens with zero attached hydrogens (tertiary/aromatic N) is 2. The first-order chi connectivity index (χ1) is 10.5. The monoisotopic (exact) mass is 339 g/mol. The number of fused-ring (bicyclic) bond motifs is 1. The van der Waals surface area contributed by atoms with Gasteiger partial charge in [0.2, 0.25) is 0 Å². The van der Waals surface area contributed by atoms with Gasteiger partial charge in [0.05, 0.1) is 17.8 Å². The Labute approximate surface area is 138 Å². The van der Waals surface area contributed by atoms with Crippen molar-refractivity contribution < 1.29 is 9.53 Å². The van der Waals surface area contributed by atoms with E-state index in [2.05, 4.69) is 16.6 Å². The molecular weight excluding hydrogens is 322 g/mol. The number of aromatic nitrogens is 2. The van der Waals surface area contributed by atoms with Crippen LogP contribution >= 0.6 is 23.5 Å². The van der Waals surface area contributed by atoms with Gasteiger partial charge in [-0.05, 0) is 51.1 Å². The van der Waals surface area contributed by atoms with Crippen molar-refractivity contribution in [3.8, 4) is 0 Å². The molecule has 1 saturated carbocycles. The lowest BCUT2D eigenvalue weighted by molar-refractivity contribution is 0.0518. The fourth-order valence-electron chi connectivity index (χ4n) is 2.43. The van der Waals surface area contributed by atoms with Crippen molar-refractivity contribution in [1.82, 2.24) is 14.1 Å². The third kappa shape index (κ3) is 2.95. The van der Waals surface area contributed by atoms with E-state index in [1.165, 1.54) is 37.4 Å². The van der Waals surface area contributed by atoms with Crippen LogP contribution in [0.5, 0.6) is 0 Å². The first-order valence-corrected chi connectivity index (χ1v) is 8.49. The molecule has 1 aliphatic rings. The molecule has 1 aliphatic carbocycles. The minimum atomic E-state index is -0.396. The van der Waals surface area contributed by atoms with E-state index < -0.39 is 5.97 Å². The number of imidazole rings is 1. The van der Waals surface area contributed by atoms with E-state index in [1.807, 2.05) is 12.3 Å². The van der Waals surface area contributed by atoms with Crippen LogP contribution in [0.15, 0.2) is 23.4 Å². The molecule has 2 aromatic rings. The molecule has 0 unspecified atom stereocenters. The number of esters is 1. The van der Waals surface area contributed by atoms with Crippen LogP contribution in [0.2, 0.25) is 5.02 Å². The molecule has 1 N–H and O–H groups in total. The van der Waals surface area contributed by atoms with Gasteiger partial charge < -0.3 is 4.74 Å². The molecule has 5 nitrogen and oxygen atoms in total. The van der Waals surface area contributed by atoms with Crippen molar-refractivity contribution in [2.45, 2.75) is 43.5 Å². The summed E-state index contributed by atoms with van der Waals surface area (Å²) in [4.78, 5) is 17.1. The molecule has 0 spiro atoms. The predicted molar refractivity (Wildman–Crippen MR) is 87.4 cm³/mol. The Morgan fingerprint density at radius 3 is 3.00 bits per heavy atom. The van der Waals surface area contributed by atoms with Crippen LogP contribution in [-0.2, 0) is 4.74 Å². The number of hydrogen-bond donors (Lipinski definition) is 1. The average molecular weight is 340 g/mol. The Morgan fingerprint density at radius 1 is 1.59 bits per heavy atom. The molecule has 0 atom stereocenters. The molecule has 0 radical (unpaired) electrons. The summed E-state index contributed by atoms with van der Waals surface area (Å²) in [5, 5.41) is 0.515. The van der Waals surface area contributed by atoms with Crippen LogP contribution in [0.4, 0.5) is 0 Å². The fraction of sp³-hybridized carbons (Fsp3) is 0.467. The topological polar surface area (TPSA) is 55.6 Å². The Bertz CT molecular complexity index is 712. The van der Waals surface area contributed by atoms with Crippen molar-refractivity contribution in [1.29, 1.82) is 0 Å². The van der Waals surface area contributed by atoms with Crippen LogP contribution in [0.25, 0.3) is 5.65 Å². The lowest BCUT2D eigenvalue weighted by Crippen LogP contribution is -2.44. The molecule has 2 aromatic heterocycles. The van der Waals surface area contributed by atoms with Crippen molar-refractivity contribution in [3.05, 3.63) is 29.2 Å². The SMILES string of the molecule is CCOC(=O)c1cnc2c(Cl)cc(SNC3(C)CCC3)cn12. The molecular formula is C15H18ClN3O2S. The van der Waals surface area contributed by atoms with E-state index in [1.54, 1.807) is 11.3 Å². The Hall–Kier alpha value is -1.24. The van der Waals surface area contributed by atoms with Gasteiger partial charge in [0.1, 0.15) is 0 Å². The summed E-state index contributed by atoms with van der Waals surface area (Å²) in [6.45, 7) is 4.32. The van der Waals surface area contributed by atoms with E-state index >= 15 is 0 Å². The fourth-order valence-corrected chi connectivity index (χ4v) is 3.65. The van der Waals surface area contributed by atoms with Gasteiger partial charge in [-0.25, -0.2) is 9.78 Å². The van der Waals surface area contributed by atoms with Crippen molar-refractivity contribution in [2.75, 3.05) is 6.61 Å². The lowest BCUT2D eigenvalue weighted by atomic mass is 9.80. The van der Waals surface area contributed by atoms with Gasteiger partial charge in [-0.1, -0.05) is 11.6 Å². The molecule has 22 heavy (non-hydrogen) atoms. The molecule has 7 heteroatoms. The first-order valence-electron chi connectivity index (χ1n) is 7.30. The minimum Gasteiger partial charge on any atom is -0.461 e. The maximum atomic E-state index is 12.0. The van der Waals surface area contributed by atoms with Gasteiger partial charge in [0, 0.05) is 16.6 Å². The number of nitrogens with one attached hydrogen (secondary N) is 1. The van der Waals surface area contributed by atoms with Crippen molar-refractivity contribution in [2.24, 2.45) is 0 Å². The Morgan fingerprint density at radius 2 is 2.36 bits per heavy atom. The van der Waals surface area contributed by atoms with Gasteiger partial charge in [0.15, 0.2) is 11.3 Å². The number of carbonyl (C=O) groups excluding carboxylic acids is 1. The normalized spacial score (nSPS) is 16.5. The number of halogens is 1. The number of pyridine rings is 1. The zero-order chi connectivity index (χ0) is 15.7. The molecule has 0 saturated heterocycles. The number of hydrogen-bond acceptors (Lipinski definition) is 5. The van der Waals surface area contributed by atoms with Crippen LogP contribution in [-0.4, -0.2) is 27.5 Å². The molecule has 118 valence electrons. The standard InChI is InChI=1S/C15H18ClN3O2S/c1-3-21-14(20)12-8-17-13-11(16)7-10(9-19(12)13)22-18-15(2)5-4-6-15/h7-9,18H,3-6H2,1-2H3. The maximum absolute atomic E-state index is 12.0. The zero-order valence-corrected chi connectivity index (χ0v) is 14.1. The molecule has 0 aliphatic heterocycles. The zero-order valence-electron chi connectivity index (χ0n) is 12.6. The summed E-state index contributed by atoms with van der Waals surface area (Å²) in [7, 11) is 0. The van der Waals surface area contributed by atoms with E-state index in [0.717, 1.165) is 4.90 Å². The third-order valence-electron chi connectivity index (χ3n) is 3.89. The van der Waals surface area contributed by atoms with Crippen LogP contribution in [0.3, 0.4) is 0 Å². The molecule has 2 heterocycles. The Kier molecular flexibility index (Phi) is 4.34. The highest BCUT2D eigenvalue weighted by molar-refractivity contribution is 7.97. The summed E-state index contributed by atoms with van der Waals surface area (Å²) in [5.74, 6) is -0.396. The smallest absolute Gasteiger partial charge is 0.356 e. The van der Waals surface area contributed by atoms with E-state index in [9.17, 15) is 4.79 Å². The minimum absolute atomic E-state index is 0.186. The van der Waals surface area contributed by atoms with E-state index in [-0.39, 0.29) is 5.54 Å². The summed E-state index contributed by atoms with van der Waals surface area (Å²) in [6.07, 6.45) is 6.97. The van der Waals surface area contributed by atoms with E-state index in [0.29, 0.717) is 23.0 Å². The maximum Gasteiger partial charge on any atom is 0.356 e. The van der Waals surface area contributed by atoms with Crippen LogP contribution < -0.4 is 4.72 Å². The average Bonchev–Trinajstić information content (AvgIpc) is 2.88. The summed E-state index contributed by atoms with van der Waals surface area (Å²) < 4.78 is 10.2. The highest BCUT2D eigenvalue weighted by Crippen LogP contribution is 2.35. The largest absolute Gasteiger partial charge is 0.461 e. The number of ether oxygens (including phenoxy) is 1. The van der Waals surface area contributed by atoms with Gasteiger partial charge in [-0.15, -0.1) is 0 Å². The molecule has 0 bridgehead atoms. The summed E-state index contributed by atoms with van der Waals surface area (Å²) in [5.41, 5.74) is 1.13. The Balaban J connectivity index is 1.88. The molecule has 3 rings (SSSR count). The lowest BCUT2D eigenvalue weighted by Gasteiger charge is -2.38.